The summed E-state index contributed by atoms with van der Waals surface area (Å²) in [5.41, 5.74) is 5.96. The highest BCUT2D eigenvalue weighted by Crippen LogP contribution is 2.27. The number of nitrogens with one attached hydrogen (secondary N) is 1. The summed E-state index contributed by atoms with van der Waals surface area (Å²) < 4.78 is 0. The molecule has 0 radical (unpaired) electrons. The Labute approximate surface area is 104 Å². The molecule has 2 bridgehead atoms. The van der Waals surface area contributed by atoms with Crippen molar-refractivity contribution in [2.24, 2.45) is 17.6 Å². The second kappa shape index (κ2) is 5.36. The van der Waals surface area contributed by atoms with Crippen LogP contribution in [0.2, 0.25) is 0 Å². The number of carbonyl (C=O) groups is 1. The Kier molecular flexibility index (Phi) is 4.05. The van der Waals surface area contributed by atoms with Gasteiger partial charge in [0.1, 0.15) is 0 Å². The van der Waals surface area contributed by atoms with Crippen molar-refractivity contribution in [2.45, 2.75) is 45.2 Å². The number of amides is 1. The lowest BCUT2D eigenvalue weighted by Gasteiger charge is -2.45. The van der Waals surface area contributed by atoms with E-state index in [-0.39, 0.29) is 17.9 Å². The Morgan fingerprint density at radius 1 is 1.47 bits per heavy atom. The molecule has 3 aliphatic heterocycles. The molecule has 3 N–H and O–H groups in total. The Morgan fingerprint density at radius 3 is 2.59 bits per heavy atom. The zero-order valence-corrected chi connectivity index (χ0v) is 11.0. The first-order chi connectivity index (χ1) is 8.11. The summed E-state index contributed by atoms with van der Waals surface area (Å²) >= 11 is 0. The predicted octanol–water partition coefficient (Wildman–Crippen LogP) is 0.570. The van der Waals surface area contributed by atoms with Crippen molar-refractivity contribution in [3.05, 3.63) is 0 Å². The highest BCUT2D eigenvalue weighted by atomic mass is 16.2. The summed E-state index contributed by atoms with van der Waals surface area (Å²) in [6.45, 7) is 7.54. The zero-order valence-electron chi connectivity index (χ0n) is 11.0. The van der Waals surface area contributed by atoms with Crippen LogP contribution in [0.25, 0.3) is 0 Å². The molecule has 3 rings (SSSR count). The summed E-state index contributed by atoms with van der Waals surface area (Å²) in [7, 11) is 0. The van der Waals surface area contributed by atoms with Crippen LogP contribution in [0, 0.1) is 11.8 Å². The lowest BCUT2D eigenvalue weighted by Crippen LogP contribution is -2.59. The van der Waals surface area contributed by atoms with Gasteiger partial charge in [-0.15, -0.1) is 0 Å². The highest BCUT2D eigenvalue weighted by Gasteiger charge is 2.35. The van der Waals surface area contributed by atoms with Gasteiger partial charge in [-0.2, -0.15) is 0 Å². The molecule has 0 spiro atoms. The van der Waals surface area contributed by atoms with Crippen LogP contribution in [0.5, 0.6) is 0 Å². The van der Waals surface area contributed by atoms with Crippen LogP contribution in [0.3, 0.4) is 0 Å². The monoisotopic (exact) mass is 239 g/mol. The van der Waals surface area contributed by atoms with Crippen LogP contribution in [0.1, 0.15) is 33.1 Å². The Bertz CT molecular complexity index is 274. The summed E-state index contributed by atoms with van der Waals surface area (Å²) in [5, 5.41) is 3.16. The van der Waals surface area contributed by atoms with Gasteiger partial charge in [-0.05, 0) is 37.8 Å². The van der Waals surface area contributed by atoms with E-state index in [0.717, 1.165) is 13.0 Å². The maximum atomic E-state index is 12.0. The van der Waals surface area contributed by atoms with Crippen molar-refractivity contribution in [1.29, 1.82) is 0 Å². The fraction of sp³-hybridized carbons (Fsp3) is 0.923. The molecule has 3 saturated heterocycles. The molecular formula is C13H25N3O. The fourth-order valence-electron chi connectivity index (χ4n) is 2.92. The van der Waals surface area contributed by atoms with Gasteiger partial charge >= 0.3 is 0 Å². The van der Waals surface area contributed by atoms with Crippen LogP contribution >= 0.6 is 0 Å². The van der Waals surface area contributed by atoms with E-state index in [4.69, 9.17) is 5.73 Å². The van der Waals surface area contributed by atoms with Gasteiger partial charge in [0, 0.05) is 12.6 Å². The summed E-state index contributed by atoms with van der Waals surface area (Å²) in [4.78, 5) is 14.5. The molecule has 17 heavy (non-hydrogen) atoms. The molecule has 3 atom stereocenters. The van der Waals surface area contributed by atoms with Crippen molar-refractivity contribution < 1.29 is 4.79 Å². The molecule has 3 fully saturated rings. The van der Waals surface area contributed by atoms with E-state index in [9.17, 15) is 4.79 Å². The van der Waals surface area contributed by atoms with E-state index in [1.807, 2.05) is 6.92 Å². The van der Waals surface area contributed by atoms with Gasteiger partial charge in [-0.1, -0.05) is 20.3 Å². The first kappa shape index (κ1) is 12.8. The average molecular weight is 239 g/mol. The third-order valence-corrected chi connectivity index (χ3v) is 4.54. The van der Waals surface area contributed by atoms with E-state index in [1.165, 1.54) is 25.9 Å². The number of fused-ring (bicyclic) bond motifs is 3. The molecule has 0 aliphatic carbocycles. The third-order valence-electron chi connectivity index (χ3n) is 4.54. The maximum Gasteiger partial charge on any atom is 0.237 e. The first-order valence-corrected chi connectivity index (χ1v) is 6.90. The standard InChI is InChI=1S/C13H25N3O/c1-3-9(2)12(14)13(17)15-11-8-16-6-4-10(11)5-7-16/h9-12H,3-8,14H2,1-2H3,(H,15,17)/t9?,11?,12-/m0/s1. The Balaban J connectivity index is 1.86. The number of nitrogens with zero attached hydrogens (tertiary/aromatic N) is 1. The molecule has 4 heteroatoms. The van der Waals surface area contributed by atoms with Crippen molar-refractivity contribution in [3.8, 4) is 0 Å². The molecule has 2 unspecified atom stereocenters. The van der Waals surface area contributed by atoms with Gasteiger partial charge < -0.3 is 16.0 Å². The second-order valence-electron chi connectivity index (χ2n) is 5.66. The van der Waals surface area contributed by atoms with Crippen LogP contribution in [0.15, 0.2) is 0 Å². The highest BCUT2D eigenvalue weighted by molar-refractivity contribution is 5.82. The van der Waals surface area contributed by atoms with Crippen LogP contribution in [-0.4, -0.2) is 42.5 Å². The average Bonchev–Trinajstić information content (AvgIpc) is 2.38. The Morgan fingerprint density at radius 2 is 2.12 bits per heavy atom. The van der Waals surface area contributed by atoms with Crippen LogP contribution in [0.4, 0.5) is 0 Å². The number of rotatable bonds is 4. The Hall–Kier alpha value is -0.610. The van der Waals surface area contributed by atoms with Gasteiger partial charge in [0.2, 0.25) is 5.91 Å². The summed E-state index contributed by atoms with van der Waals surface area (Å²) in [5.74, 6) is 0.974. The molecule has 0 saturated carbocycles. The van der Waals surface area contributed by atoms with Crippen molar-refractivity contribution in [2.75, 3.05) is 19.6 Å². The van der Waals surface area contributed by atoms with Crippen molar-refractivity contribution >= 4 is 5.91 Å². The minimum absolute atomic E-state index is 0.0399. The van der Waals surface area contributed by atoms with Crippen molar-refractivity contribution in [3.63, 3.8) is 0 Å². The number of hydrogen-bond acceptors (Lipinski definition) is 3. The van der Waals surface area contributed by atoms with E-state index in [2.05, 4.69) is 17.1 Å². The van der Waals surface area contributed by atoms with Crippen LogP contribution in [-0.2, 0) is 4.79 Å². The molecule has 0 aromatic carbocycles. The molecule has 98 valence electrons. The molecule has 3 aliphatic rings. The van der Waals surface area contributed by atoms with Crippen LogP contribution < -0.4 is 11.1 Å². The SMILES string of the molecule is CCC(C)[C@H](N)C(=O)NC1CN2CCC1CC2. The lowest BCUT2D eigenvalue weighted by atomic mass is 9.83. The van der Waals surface area contributed by atoms with Gasteiger partial charge in [0.25, 0.3) is 0 Å². The molecule has 0 aromatic heterocycles. The van der Waals surface area contributed by atoms with Gasteiger partial charge in [0.15, 0.2) is 0 Å². The number of piperidine rings is 3. The smallest absolute Gasteiger partial charge is 0.237 e. The minimum Gasteiger partial charge on any atom is -0.350 e. The first-order valence-electron chi connectivity index (χ1n) is 6.90. The topological polar surface area (TPSA) is 58.4 Å². The van der Waals surface area contributed by atoms with Gasteiger partial charge in [-0.25, -0.2) is 0 Å². The largest absolute Gasteiger partial charge is 0.350 e. The lowest BCUT2D eigenvalue weighted by molar-refractivity contribution is -0.125. The molecule has 0 aromatic rings. The maximum absolute atomic E-state index is 12.0. The number of carbonyl (C=O) groups excluding carboxylic acids is 1. The number of hydrogen-bond donors (Lipinski definition) is 2. The molecule has 4 nitrogen and oxygen atoms in total. The predicted molar refractivity (Wildman–Crippen MR) is 68.5 cm³/mol. The number of nitrogens with two attached hydrogens (primary N) is 1. The second-order valence-corrected chi connectivity index (χ2v) is 5.66. The van der Waals surface area contributed by atoms with Gasteiger partial charge in [-0.3, -0.25) is 4.79 Å². The van der Waals surface area contributed by atoms with E-state index in [0.29, 0.717) is 12.0 Å². The molecule has 1 amide bonds. The normalized spacial score (nSPS) is 35.4. The van der Waals surface area contributed by atoms with E-state index < -0.39 is 0 Å². The molecule has 3 heterocycles. The molecular weight excluding hydrogens is 214 g/mol. The van der Waals surface area contributed by atoms with E-state index >= 15 is 0 Å². The zero-order chi connectivity index (χ0) is 12.4. The third kappa shape index (κ3) is 2.80. The van der Waals surface area contributed by atoms with Crippen molar-refractivity contribution in [1.82, 2.24) is 10.2 Å². The van der Waals surface area contributed by atoms with E-state index in [1.54, 1.807) is 0 Å². The minimum atomic E-state index is -0.351. The quantitative estimate of drug-likeness (QED) is 0.754. The summed E-state index contributed by atoms with van der Waals surface area (Å²) in [6.07, 6.45) is 3.40. The van der Waals surface area contributed by atoms with Gasteiger partial charge in [0.05, 0.1) is 6.04 Å². The fourth-order valence-corrected chi connectivity index (χ4v) is 2.92. The summed E-state index contributed by atoms with van der Waals surface area (Å²) in [6, 6.07) is -0.0180.